The van der Waals surface area contributed by atoms with Crippen molar-refractivity contribution in [3.05, 3.63) is 19.6 Å². The van der Waals surface area contributed by atoms with E-state index < -0.39 is 24.5 Å². The number of nitrogen functional groups attached to an aromatic ring is 1. The number of aliphatic hydroxyl groups excluding tert-OH is 2. The quantitative estimate of drug-likeness (QED) is 0.577. The van der Waals surface area contributed by atoms with Gasteiger partial charge in [-0.15, -0.1) is 0 Å². The van der Waals surface area contributed by atoms with Gasteiger partial charge in [0.2, 0.25) is 0 Å². The molecule has 2 aromatic rings. The van der Waals surface area contributed by atoms with E-state index in [4.69, 9.17) is 17.4 Å². The van der Waals surface area contributed by atoms with Crippen molar-refractivity contribution in [3.63, 3.8) is 0 Å². The lowest BCUT2D eigenvalue weighted by Crippen LogP contribution is -2.30. The molecule has 1 aliphatic rings. The molecule has 0 spiro atoms. The van der Waals surface area contributed by atoms with Crippen molar-refractivity contribution in [2.24, 2.45) is 0 Å². The van der Waals surface area contributed by atoms with Crippen molar-refractivity contribution < 1.29 is 14.9 Å². The van der Waals surface area contributed by atoms with Gasteiger partial charge in [0.1, 0.15) is 24.1 Å². The largest absolute Gasteiger partial charge is 0.388 e. The Bertz CT molecular complexity index is 586. The van der Waals surface area contributed by atoms with Gasteiger partial charge >= 0.3 is 0 Å². The van der Waals surface area contributed by atoms with E-state index in [0.29, 0.717) is 11.2 Å². The molecular weight excluding hydrogens is 238 g/mol. The second-order valence-corrected chi connectivity index (χ2v) is 4.06. The predicted octanol–water partition coefficient (Wildman–Crippen LogP) is -1.26. The molecule has 4 atom stereocenters. The SMILES string of the molecule is [CH][C@H]1O[C@@H](n2cnc3c(N)ncnc32)[C@H](O)[C@@H]1O. The van der Waals surface area contributed by atoms with Crippen molar-refractivity contribution in [3.8, 4) is 0 Å². The zero-order valence-corrected chi connectivity index (χ0v) is 9.21. The number of nitrogens with two attached hydrogens (primary N) is 1. The molecule has 8 heteroatoms. The summed E-state index contributed by atoms with van der Waals surface area (Å²) in [5, 5.41) is 19.4. The molecule has 4 N–H and O–H groups in total. The summed E-state index contributed by atoms with van der Waals surface area (Å²) in [4.78, 5) is 11.9. The van der Waals surface area contributed by atoms with Gasteiger partial charge in [0.15, 0.2) is 17.7 Å². The first-order valence-electron chi connectivity index (χ1n) is 5.30. The van der Waals surface area contributed by atoms with Gasteiger partial charge in [-0.05, 0) is 6.92 Å². The highest BCUT2D eigenvalue weighted by molar-refractivity contribution is 5.81. The fourth-order valence-electron chi connectivity index (χ4n) is 1.97. The number of ether oxygens (including phenoxy) is 1. The van der Waals surface area contributed by atoms with Crippen LogP contribution in [-0.2, 0) is 4.74 Å². The van der Waals surface area contributed by atoms with Crippen molar-refractivity contribution in [1.29, 1.82) is 0 Å². The number of anilines is 1. The maximum Gasteiger partial charge on any atom is 0.167 e. The van der Waals surface area contributed by atoms with Crippen molar-refractivity contribution >= 4 is 17.0 Å². The van der Waals surface area contributed by atoms with Gasteiger partial charge in [-0.2, -0.15) is 0 Å². The van der Waals surface area contributed by atoms with Gasteiger partial charge in [0.05, 0.1) is 12.4 Å². The number of fused-ring (bicyclic) bond motifs is 1. The molecule has 0 aromatic carbocycles. The van der Waals surface area contributed by atoms with E-state index in [1.165, 1.54) is 17.2 Å². The topological polar surface area (TPSA) is 119 Å². The van der Waals surface area contributed by atoms with Crippen LogP contribution in [0.4, 0.5) is 5.82 Å². The van der Waals surface area contributed by atoms with Crippen LogP contribution in [-0.4, -0.2) is 48.0 Å². The van der Waals surface area contributed by atoms with Gasteiger partial charge in [0.25, 0.3) is 0 Å². The molecule has 18 heavy (non-hydrogen) atoms. The summed E-state index contributed by atoms with van der Waals surface area (Å²) in [6.07, 6.45) is -1.43. The van der Waals surface area contributed by atoms with E-state index in [1.807, 2.05) is 0 Å². The number of aromatic nitrogens is 4. The first-order valence-corrected chi connectivity index (χ1v) is 5.30. The molecule has 8 nitrogen and oxygen atoms in total. The Morgan fingerprint density at radius 3 is 2.72 bits per heavy atom. The highest BCUT2D eigenvalue weighted by Gasteiger charge is 2.42. The number of nitrogens with zero attached hydrogens (tertiary/aromatic N) is 4. The highest BCUT2D eigenvalue weighted by atomic mass is 16.6. The summed E-state index contributed by atoms with van der Waals surface area (Å²) in [7, 11) is 0. The summed E-state index contributed by atoms with van der Waals surface area (Å²) in [5.41, 5.74) is 6.47. The minimum Gasteiger partial charge on any atom is -0.388 e. The number of aliphatic hydroxyl groups is 2. The molecule has 94 valence electrons. The Hall–Kier alpha value is -1.77. The maximum atomic E-state index is 9.85. The second kappa shape index (κ2) is 3.87. The molecule has 0 saturated carbocycles. The lowest BCUT2D eigenvalue weighted by Gasteiger charge is -2.16. The average Bonchev–Trinajstić information content (AvgIpc) is 2.88. The Kier molecular flexibility index (Phi) is 2.44. The third-order valence-corrected chi connectivity index (χ3v) is 2.94. The molecule has 3 heterocycles. The van der Waals surface area contributed by atoms with Crippen LogP contribution < -0.4 is 5.73 Å². The van der Waals surface area contributed by atoms with E-state index in [9.17, 15) is 10.2 Å². The first kappa shape index (κ1) is 11.3. The van der Waals surface area contributed by atoms with Crippen LogP contribution in [0.5, 0.6) is 0 Å². The van der Waals surface area contributed by atoms with E-state index in [1.54, 1.807) is 0 Å². The summed E-state index contributed by atoms with van der Waals surface area (Å²) in [6.45, 7) is 5.52. The zero-order valence-electron chi connectivity index (χ0n) is 9.21. The van der Waals surface area contributed by atoms with Crippen LogP contribution in [0.3, 0.4) is 0 Å². The van der Waals surface area contributed by atoms with E-state index in [2.05, 4.69) is 15.0 Å². The van der Waals surface area contributed by atoms with E-state index >= 15 is 0 Å². The monoisotopic (exact) mass is 249 g/mol. The van der Waals surface area contributed by atoms with Gasteiger partial charge in [-0.1, -0.05) is 0 Å². The van der Waals surface area contributed by atoms with Crippen molar-refractivity contribution in [2.75, 3.05) is 5.73 Å². The molecule has 2 aromatic heterocycles. The summed E-state index contributed by atoms with van der Waals surface area (Å²) < 4.78 is 6.74. The summed E-state index contributed by atoms with van der Waals surface area (Å²) >= 11 is 0. The van der Waals surface area contributed by atoms with Crippen LogP contribution in [0, 0.1) is 6.92 Å². The molecule has 2 radical (unpaired) electrons. The molecule has 0 unspecified atom stereocenters. The van der Waals surface area contributed by atoms with Gasteiger partial charge in [-0.25, -0.2) is 15.0 Å². The number of imidazole rings is 1. The van der Waals surface area contributed by atoms with Gasteiger partial charge < -0.3 is 20.7 Å². The van der Waals surface area contributed by atoms with E-state index in [0.717, 1.165) is 0 Å². The van der Waals surface area contributed by atoms with Gasteiger partial charge in [0, 0.05) is 0 Å². The highest BCUT2D eigenvalue weighted by Crippen LogP contribution is 2.31. The minimum atomic E-state index is -1.16. The number of hydrogen-bond acceptors (Lipinski definition) is 7. The normalized spacial score (nSPS) is 32.2. The van der Waals surface area contributed by atoms with Crippen LogP contribution in [0.2, 0.25) is 0 Å². The Labute approximate surface area is 102 Å². The smallest absolute Gasteiger partial charge is 0.167 e. The standard InChI is InChI=1S/C10H11N5O3/c1-4-6(16)7(17)10(18-4)15-3-14-5-8(11)12-2-13-9(5)15/h1-4,6-7,10,16-17H,(H2,11,12,13)/t4-,6-,7-,10-/m1/s1. The lowest BCUT2D eigenvalue weighted by molar-refractivity contribution is -0.0249. The third-order valence-electron chi connectivity index (χ3n) is 2.94. The third kappa shape index (κ3) is 1.47. The molecule has 3 rings (SSSR count). The van der Waals surface area contributed by atoms with Crippen LogP contribution in [0.1, 0.15) is 6.23 Å². The maximum absolute atomic E-state index is 9.85. The first-order chi connectivity index (χ1) is 8.59. The molecular formula is C10H11N5O3. The molecule has 0 aliphatic carbocycles. The minimum absolute atomic E-state index is 0.232. The number of hydrogen-bond donors (Lipinski definition) is 3. The van der Waals surface area contributed by atoms with Gasteiger partial charge in [-0.3, -0.25) is 4.57 Å². The lowest BCUT2D eigenvalue weighted by atomic mass is 10.1. The fourth-order valence-corrected chi connectivity index (χ4v) is 1.97. The Morgan fingerprint density at radius 1 is 1.28 bits per heavy atom. The molecule has 1 fully saturated rings. The van der Waals surface area contributed by atoms with E-state index in [-0.39, 0.29) is 5.82 Å². The molecule has 1 saturated heterocycles. The Morgan fingerprint density at radius 2 is 2.06 bits per heavy atom. The predicted molar refractivity (Wildman–Crippen MR) is 60.0 cm³/mol. The zero-order chi connectivity index (χ0) is 12.9. The van der Waals surface area contributed by atoms with Crippen molar-refractivity contribution in [2.45, 2.75) is 24.5 Å². The van der Waals surface area contributed by atoms with Crippen LogP contribution in [0.15, 0.2) is 12.7 Å². The van der Waals surface area contributed by atoms with Crippen LogP contribution in [0.25, 0.3) is 11.2 Å². The van der Waals surface area contributed by atoms with Crippen LogP contribution >= 0.6 is 0 Å². The molecule has 0 amide bonds. The molecule has 0 bridgehead atoms. The fraction of sp³-hybridized carbons (Fsp3) is 0.400. The number of rotatable bonds is 1. The van der Waals surface area contributed by atoms with Crippen molar-refractivity contribution in [1.82, 2.24) is 19.5 Å². The molecule has 1 aliphatic heterocycles. The summed E-state index contributed by atoms with van der Waals surface area (Å²) in [6, 6.07) is 0. The average molecular weight is 249 g/mol. The Balaban J connectivity index is 2.08. The summed E-state index contributed by atoms with van der Waals surface area (Å²) in [5.74, 6) is 0.232. The second-order valence-electron chi connectivity index (χ2n) is 4.06.